The van der Waals surface area contributed by atoms with Gasteiger partial charge in [0.1, 0.15) is 17.1 Å². The molecule has 0 fully saturated rings. The Hall–Kier alpha value is -3.42. The van der Waals surface area contributed by atoms with Crippen LogP contribution in [0, 0.1) is 0 Å². The fourth-order valence-electron chi connectivity index (χ4n) is 4.17. The Balaban J connectivity index is 1.82. The normalized spacial score (nSPS) is 11.8. The van der Waals surface area contributed by atoms with Crippen LogP contribution in [0.25, 0.3) is 21.5 Å². The van der Waals surface area contributed by atoms with Gasteiger partial charge >= 0.3 is 0 Å². The SMILES string of the molecule is C[N+](c1ccccc1)(c1ccccc1)c1ccc2ccc3ccccc3c2c1. The smallest absolute Gasteiger partial charge is 0.143 e. The van der Waals surface area contributed by atoms with E-state index in [1.165, 1.54) is 38.6 Å². The third kappa shape index (κ3) is 2.60. The van der Waals surface area contributed by atoms with E-state index >= 15 is 0 Å². The summed E-state index contributed by atoms with van der Waals surface area (Å²) in [5.74, 6) is 0. The highest BCUT2D eigenvalue weighted by molar-refractivity contribution is 6.08. The molecule has 134 valence electrons. The quantitative estimate of drug-likeness (QED) is 0.230. The number of para-hydroxylation sites is 2. The second-order valence-corrected chi connectivity index (χ2v) is 7.37. The summed E-state index contributed by atoms with van der Waals surface area (Å²) in [4.78, 5) is 0. The monoisotopic (exact) mass is 360 g/mol. The van der Waals surface area contributed by atoms with Crippen LogP contribution in [0.3, 0.4) is 0 Å². The van der Waals surface area contributed by atoms with Gasteiger partial charge in [-0.1, -0.05) is 72.8 Å². The van der Waals surface area contributed by atoms with Crippen LogP contribution in [0.5, 0.6) is 0 Å². The lowest BCUT2D eigenvalue weighted by Crippen LogP contribution is -2.33. The number of quaternary nitrogens is 1. The summed E-state index contributed by atoms with van der Waals surface area (Å²) in [5.41, 5.74) is 3.74. The van der Waals surface area contributed by atoms with E-state index in [0.717, 1.165) is 0 Å². The molecule has 0 aliphatic heterocycles. The van der Waals surface area contributed by atoms with Crippen LogP contribution in [0.15, 0.2) is 115 Å². The van der Waals surface area contributed by atoms with Gasteiger partial charge in [-0.3, -0.25) is 0 Å². The molecular formula is C27H22N+. The molecule has 0 unspecified atom stereocenters. The van der Waals surface area contributed by atoms with Gasteiger partial charge in [-0.15, -0.1) is 0 Å². The first kappa shape index (κ1) is 16.7. The van der Waals surface area contributed by atoms with Gasteiger partial charge in [0, 0.05) is 12.1 Å². The summed E-state index contributed by atoms with van der Waals surface area (Å²) in [6, 6.07) is 41.4. The van der Waals surface area contributed by atoms with Crippen LogP contribution in [0.1, 0.15) is 0 Å². The van der Waals surface area contributed by atoms with Gasteiger partial charge in [0.25, 0.3) is 0 Å². The molecule has 1 nitrogen and oxygen atoms in total. The van der Waals surface area contributed by atoms with Crippen LogP contribution in [-0.2, 0) is 0 Å². The number of nitrogens with zero attached hydrogens (tertiary/aromatic N) is 1. The summed E-state index contributed by atoms with van der Waals surface area (Å²) in [7, 11) is 2.27. The van der Waals surface area contributed by atoms with Gasteiger partial charge in [0.2, 0.25) is 0 Å². The molecule has 28 heavy (non-hydrogen) atoms. The summed E-state index contributed by atoms with van der Waals surface area (Å²) in [6.45, 7) is 0. The van der Waals surface area contributed by atoms with E-state index in [-0.39, 0.29) is 0 Å². The molecule has 0 heterocycles. The summed E-state index contributed by atoms with van der Waals surface area (Å²) < 4.78 is 0.626. The fourth-order valence-corrected chi connectivity index (χ4v) is 4.17. The zero-order chi connectivity index (χ0) is 19.0. The number of rotatable bonds is 3. The van der Waals surface area contributed by atoms with Crippen molar-refractivity contribution < 1.29 is 0 Å². The van der Waals surface area contributed by atoms with Crippen molar-refractivity contribution in [3.63, 3.8) is 0 Å². The van der Waals surface area contributed by atoms with Crippen molar-refractivity contribution in [3.8, 4) is 0 Å². The van der Waals surface area contributed by atoms with E-state index in [9.17, 15) is 0 Å². The Kier molecular flexibility index (Phi) is 3.96. The minimum absolute atomic E-state index is 0.626. The standard InChI is InChI=1S/C27H22N/c1-28(23-11-4-2-5-12-23,24-13-6-3-7-14-24)25-19-18-22-17-16-21-10-8-9-15-26(21)27(22)20-25/h2-20H,1H3/q+1. The number of benzene rings is 5. The molecule has 0 bridgehead atoms. The van der Waals surface area contributed by atoms with Gasteiger partial charge in [-0.05, 0) is 51.9 Å². The first-order chi connectivity index (χ1) is 13.8. The van der Waals surface area contributed by atoms with Crippen LogP contribution >= 0.6 is 0 Å². The summed E-state index contributed by atoms with van der Waals surface area (Å²) in [6.07, 6.45) is 0. The lowest BCUT2D eigenvalue weighted by Gasteiger charge is -2.33. The Morgan fingerprint density at radius 1 is 0.429 bits per heavy atom. The van der Waals surface area contributed by atoms with Crippen molar-refractivity contribution in [1.29, 1.82) is 0 Å². The topological polar surface area (TPSA) is 0 Å². The van der Waals surface area contributed by atoms with Crippen LogP contribution in [0.4, 0.5) is 17.1 Å². The predicted molar refractivity (Wildman–Crippen MR) is 121 cm³/mol. The van der Waals surface area contributed by atoms with Crippen LogP contribution in [-0.4, -0.2) is 7.05 Å². The first-order valence-corrected chi connectivity index (χ1v) is 9.67. The van der Waals surface area contributed by atoms with E-state index < -0.39 is 0 Å². The molecule has 5 rings (SSSR count). The fraction of sp³-hybridized carbons (Fsp3) is 0.0370. The van der Waals surface area contributed by atoms with Crippen molar-refractivity contribution in [2.24, 2.45) is 0 Å². The molecule has 5 aromatic rings. The molecule has 0 aromatic heterocycles. The molecule has 0 atom stereocenters. The molecule has 0 saturated heterocycles. The first-order valence-electron chi connectivity index (χ1n) is 9.67. The number of hydrogen-bond acceptors (Lipinski definition) is 0. The number of fused-ring (bicyclic) bond motifs is 3. The number of hydrogen-bond donors (Lipinski definition) is 0. The van der Waals surface area contributed by atoms with Crippen molar-refractivity contribution >= 4 is 38.6 Å². The van der Waals surface area contributed by atoms with E-state index in [1.807, 2.05) is 0 Å². The maximum atomic E-state index is 2.36. The van der Waals surface area contributed by atoms with E-state index in [1.54, 1.807) is 0 Å². The van der Waals surface area contributed by atoms with Crippen molar-refractivity contribution in [1.82, 2.24) is 4.48 Å². The molecular weight excluding hydrogens is 338 g/mol. The third-order valence-electron chi connectivity index (χ3n) is 5.79. The van der Waals surface area contributed by atoms with Gasteiger partial charge in [-0.2, -0.15) is 0 Å². The molecule has 0 radical (unpaired) electrons. The molecule has 5 aromatic carbocycles. The molecule has 0 aliphatic rings. The van der Waals surface area contributed by atoms with Gasteiger partial charge in [0.15, 0.2) is 0 Å². The lowest BCUT2D eigenvalue weighted by atomic mass is 10.00. The molecule has 1 heteroatoms. The van der Waals surface area contributed by atoms with Crippen LogP contribution < -0.4 is 4.48 Å². The second kappa shape index (κ2) is 6.63. The summed E-state index contributed by atoms with van der Waals surface area (Å²) in [5, 5.41) is 5.15. The Morgan fingerprint density at radius 2 is 0.929 bits per heavy atom. The largest absolute Gasteiger partial charge is 0.229 e. The lowest BCUT2D eigenvalue weighted by molar-refractivity contribution is 0.628. The average Bonchev–Trinajstić information content (AvgIpc) is 2.79. The molecule has 0 N–H and O–H groups in total. The van der Waals surface area contributed by atoms with E-state index in [2.05, 4.69) is 122 Å². The van der Waals surface area contributed by atoms with E-state index in [4.69, 9.17) is 0 Å². The van der Waals surface area contributed by atoms with Gasteiger partial charge in [-0.25, -0.2) is 4.48 Å². The van der Waals surface area contributed by atoms with Crippen molar-refractivity contribution in [3.05, 3.63) is 115 Å². The van der Waals surface area contributed by atoms with E-state index in [0.29, 0.717) is 4.48 Å². The predicted octanol–water partition coefficient (Wildman–Crippen LogP) is 7.59. The molecule has 0 spiro atoms. The van der Waals surface area contributed by atoms with Crippen molar-refractivity contribution in [2.75, 3.05) is 7.05 Å². The zero-order valence-corrected chi connectivity index (χ0v) is 15.9. The Morgan fingerprint density at radius 3 is 1.57 bits per heavy atom. The molecule has 0 amide bonds. The maximum absolute atomic E-state index is 2.36. The summed E-state index contributed by atoms with van der Waals surface area (Å²) >= 11 is 0. The molecule has 0 saturated carbocycles. The van der Waals surface area contributed by atoms with Gasteiger partial charge < -0.3 is 0 Å². The van der Waals surface area contributed by atoms with Gasteiger partial charge in [0.05, 0.1) is 7.05 Å². The minimum atomic E-state index is 0.626. The maximum Gasteiger partial charge on any atom is 0.143 e. The zero-order valence-electron chi connectivity index (χ0n) is 15.9. The highest BCUT2D eigenvalue weighted by Crippen LogP contribution is 2.43. The second-order valence-electron chi connectivity index (χ2n) is 7.37. The average molecular weight is 360 g/mol. The Bertz CT molecular complexity index is 1220. The van der Waals surface area contributed by atoms with Crippen molar-refractivity contribution in [2.45, 2.75) is 0 Å². The van der Waals surface area contributed by atoms with Crippen LogP contribution in [0.2, 0.25) is 0 Å². The highest BCUT2D eigenvalue weighted by Gasteiger charge is 2.31. The minimum Gasteiger partial charge on any atom is -0.229 e. The Labute approximate surface area is 165 Å². The highest BCUT2D eigenvalue weighted by atomic mass is 15.3. The molecule has 0 aliphatic carbocycles. The third-order valence-corrected chi connectivity index (χ3v) is 5.79.